The summed E-state index contributed by atoms with van der Waals surface area (Å²) in [5.74, 6) is -0.603. The van der Waals surface area contributed by atoms with Crippen molar-refractivity contribution >= 4 is 10.0 Å². The molecule has 0 heterocycles. The van der Waals surface area contributed by atoms with Gasteiger partial charge in [-0.2, -0.15) is 0 Å². The standard InChI is InChI=1S/C16H22FNO3S/c1-2-21-16-12-14(8-9-15(16)17)22(19,20)18-11-10-13-6-4-3-5-7-13/h6,8-9,12,18H,2-5,7,10-11H2,1H3. The molecule has 1 N–H and O–H groups in total. The van der Waals surface area contributed by atoms with Crippen LogP contribution in [0.25, 0.3) is 0 Å². The molecule has 0 aliphatic heterocycles. The van der Waals surface area contributed by atoms with E-state index in [0.717, 1.165) is 25.3 Å². The minimum atomic E-state index is -3.64. The smallest absolute Gasteiger partial charge is 0.240 e. The second-order valence-electron chi connectivity index (χ2n) is 5.28. The first kappa shape index (κ1) is 17.0. The van der Waals surface area contributed by atoms with E-state index in [1.165, 1.54) is 30.5 Å². The summed E-state index contributed by atoms with van der Waals surface area (Å²) < 4.78 is 45.6. The van der Waals surface area contributed by atoms with E-state index in [1.807, 2.05) is 0 Å². The summed E-state index contributed by atoms with van der Waals surface area (Å²) in [7, 11) is -3.64. The highest BCUT2D eigenvalue weighted by atomic mass is 32.2. The summed E-state index contributed by atoms with van der Waals surface area (Å²) in [4.78, 5) is 0.0231. The fraction of sp³-hybridized carbons (Fsp3) is 0.500. The number of nitrogens with one attached hydrogen (secondary N) is 1. The molecule has 1 aliphatic rings. The molecule has 0 radical (unpaired) electrons. The zero-order valence-electron chi connectivity index (χ0n) is 12.8. The van der Waals surface area contributed by atoms with Crippen molar-refractivity contribution in [1.29, 1.82) is 0 Å². The van der Waals surface area contributed by atoms with Gasteiger partial charge in [0.1, 0.15) is 0 Å². The highest BCUT2D eigenvalue weighted by Crippen LogP contribution is 2.22. The van der Waals surface area contributed by atoms with Gasteiger partial charge in [-0.05, 0) is 51.2 Å². The maximum Gasteiger partial charge on any atom is 0.240 e. The predicted molar refractivity (Wildman–Crippen MR) is 83.9 cm³/mol. The van der Waals surface area contributed by atoms with Gasteiger partial charge in [-0.25, -0.2) is 17.5 Å². The van der Waals surface area contributed by atoms with E-state index in [4.69, 9.17) is 4.74 Å². The first-order valence-corrected chi connectivity index (χ1v) is 9.11. The fourth-order valence-corrected chi connectivity index (χ4v) is 3.52. The van der Waals surface area contributed by atoms with Crippen LogP contribution in [0.1, 0.15) is 39.0 Å². The molecule has 1 aromatic rings. The Hall–Kier alpha value is -1.40. The second kappa shape index (κ2) is 7.74. The highest BCUT2D eigenvalue weighted by molar-refractivity contribution is 7.89. The molecule has 0 bridgehead atoms. The molecule has 122 valence electrons. The number of allylic oxidation sites excluding steroid dienone is 1. The summed E-state index contributed by atoms with van der Waals surface area (Å²) in [5, 5.41) is 0. The average molecular weight is 327 g/mol. The van der Waals surface area contributed by atoms with Gasteiger partial charge in [0.15, 0.2) is 11.6 Å². The van der Waals surface area contributed by atoms with Crippen LogP contribution in [0.4, 0.5) is 4.39 Å². The summed E-state index contributed by atoms with van der Waals surface area (Å²) in [6.07, 6.45) is 7.44. The fourth-order valence-electron chi connectivity index (χ4n) is 2.48. The van der Waals surface area contributed by atoms with Crippen molar-refractivity contribution in [2.45, 2.75) is 43.9 Å². The Morgan fingerprint density at radius 3 is 2.82 bits per heavy atom. The number of benzene rings is 1. The van der Waals surface area contributed by atoms with Gasteiger partial charge in [0.25, 0.3) is 0 Å². The lowest BCUT2D eigenvalue weighted by Crippen LogP contribution is -2.25. The lowest BCUT2D eigenvalue weighted by Gasteiger charge is -2.13. The lowest BCUT2D eigenvalue weighted by molar-refractivity contribution is 0.320. The minimum Gasteiger partial charge on any atom is -0.491 e. The number of rotatable bonds is 7. The maximum absolute atomic E-state index is 13.5. The van der Waals surface area contributed by atoms with Crippen molar-refractivity contribution in [3.8, 4) is 5.75 Å². The van der Waals surface area contributed by atoms with E-state index in [9.17, 15) is 12.8 Å². The van der Waals surface area contributed by atoms with Crippen molar-refractivity contribution in [3.05, 3.63) is 35.7 Å². The average Bonchev–Trinajstić information content (AvgIpc) is 2.50. The van der Waals surface area contributed by atoms with Crippen molar-refractivity contribution in [1.82, 2.24) is 4.72 Å². The van der Waals surface area contributed by atoms with Crippen LogP contribution in [0.5, 0.6) is 5.75 Å². The van der Waals surface area contributed by atoms with Crippen LogP contribution in [0.3, 0.4) is 0 Å². The molecule has 0 saturated carbocycles. The van der Waals surface area contributed by atoms with Crippen molar-refractivity contribution in [2.75, 3.05) is 13.2 Å². The highest BCUT2D eigenvalue weighted by Gasteiger charge is 2.16. The van der Waals surface area contributed by atoms with Crippen LogP contribution in [0.2, 0.25) is 0 Å². The van der Waals surface area contributed by atoms with Crippen LogP contribution in [0.15, 0.2) is 34.7 Å². The van der Waals surface area contributed by atoms with Gasteiger partial charge in [0.05, 0.1) is 11.5 Å². The molecule has 0 amide bonds. The molecule has 0 atom stereocenters. The largest absolute Gasteiger partial charge is 0.491 e. The van der Waals surface area contributed by atoms with Gasteiger partial charge in [-0.3, -0.25) is 0 Å². The third kappa shape index (κ3) is 4.55. The Morgan fingerprint density at radius 2 is 2.14 bits per heavy atom. The normalized spacial score (nSPS) is 15.5. The number of hydrogen-bond acceptors (Lipinski definition) is 3. The van der Waals surface area contributed by atoms with Gasteiger partial charge in [0, 0.05) is 12.6 Å². The van der Waals surface area contributed by atoms with Gasteiger partial charge in [-0.1, -0.05) is 11.6 Å². The maximum atomic E-state index is 13.5. The molecular weight excluding hydrogens is 305 g/mol. The molecule has 0 spiro atoms. The molecule has 0 unspecified atom stereocenters. The minimum absolute atomic E-state index is 0.0231. The number of halogens is 1. The Balaban J connectivity index is 2.00. The monoisotopic (exact) mass is 327 g/mol. The SMILES string of the molecule is CCOc1cc(S(=O)(=O)NCCC2=CCCCC2)ccc1F. The van der Waals surface area contributed by atoms with E-state index >= 15 is 0 Å². The van der Waals surface area contributed by atoms with E-state index in [2.05, 4.69) is 10.8 Å². The molecule has 22 heavy (non-hydrogen) atoms. The topological polar surface area (TPSA) is 55.4 Å². The summed E-state index contributed by atoms with van der Waals surface area (Å²) >= 11 is 0. The zero-order chi connectivity index (χ0) is 16.0. The number of sulfonamides is 1. The third-order valence-electron chi connectivity index (χ3n) is 3.64. The first-order chi connectivity index (χ1) is 10.5. The van der Waals surface area contributed by atoms with E-state index in [1.54, 1.807) is 6.92 Å². The molecule has 6 heteroatoms. The van der Waals surface area contributed by atoms with Crippen LogP contribution in [-0.2, 0) is 10.0 Å². The Bertz CT molecular complexity index is 641. The third-order valence-corrected chi connectivity index (χ3v) is 5.09. The molecular formula is C16H22FNO3S. The molecule has 0 aromatic heterocycles. The number of hydrogen-bond donors (Lipinski definition) is 1. The van der Waals surface area contributed by atoms with Gasteiger partial charge >= 0.3 is 0 Å². The Morgan fingerprint density at radius 1 is 1.32 bits per heavy atom. The molecule has 1 aromatic carbocycles. The first-order valence-electron chi connectivity index (χ1n) is 7.63. The van der Waals surface area contributed by atoms with E-state index in [0.29, 0.717) is 6.54 Å². The molecule has 4 nitrogen and oxygen atoms in total. The van der Waals surface area contributed by atoms with Gasteiger partial charge in [0.2, 0.25) is 10.0 Å². The molecule has 1 aliphatic carbocycles. The zero-order valence-corrected chi connectivity index (χ0v) is 13.6. The Kier molecular flexibility index (Phi) is 5.97. The molecule has 0 saturated heterocycles. The molecule has 2 rings (SSSR count). The van der Waals surface area contributed by atoms with Gasteiger partial charge in [-0.15, -0.1) is 0 Å². The summed E-state index contributed by atoms with van der Waals surface area (Å²) in [6.45, 7) is 2.36. The van der Waals surface area contributed by atoms with Crippen LogP contribution < -0.4 is 9.46 Å². The van der Waals surface area contributed by atoms with Crippen LogP contribution in [0, 0.1) is 5.82 Å². The number of ether oxygens (including phenoxy) is 1. The quantitative estimate of drug-likeness (QED) is 0.781. The molecule has 0 fully saturated rings. The van der Waals surface area contributed by atoms with E-state index < -0.39 is 15.8 Å². The predicted octanol–water partition coefficient (Wildman–Crippen LogP) is 3.39. The van der Waals surface area contributed by atoms with Crippen molar-refractivity contribution in [2.24, 2.45) is 0 Å². The summed E-state index contributed by atoms with van der Waals surface area (Å²) in [6, 6.07) is 3.59. The van der Waals surface area contributed by atoms with Gasteiger partial charge < -0.3 is 4.74 Å². The lowest BCUT2D eigenvalue weighted by atomic mass is 9.97. The van der Waals surface area contributed by atoms with Crippen LogP contribution in [-0.4, -0.2) is 21.6 Å². The summed E-state index contributed by atoms with van der Waals surface area (Å²) in [5.41, 5.74) is 1.31. The van der Waals surface area contributed by atoms with Crippen molar-refractivity contribution in [3.63, 3.8) is 0 Å². The van der Waals surface area contributed by atoms with Crippen molar-refractivity contribution < 1.29 is 17.5 Å². The Labute approximate surface area is 131 Å². The van der Waals surface area contributed by atoms with E-state index in [-0.39, 0.29) is 17.3 Å². The van der Waals surface area contributed by atoms with Crippen LogP contribution >= 0.6 is 0 Å². The second-order valence-corrected chi connectivity index (χ2v) is 7.05.